The minimum atomic E-state index is 0.669. The highest BCUT2D eigenvalue weighted by atomic mass is 15.0. The normalized spacial score (nSPS) is 21.3. The predicted molar refractivity (Wildman–Crippen MR) is 60.9 cm³/mol. The fraction of sp³-hybridized carbons (Fsp3) is 0.417. The smallest absolute Gasteiger partial charge is 0.0511 e. The zero-order chi connectivity index (χ0) is 10.3. The lowest BCUT2D eigenvalue weighted by molar-refractivity contribution is 0.694. The average Bonchev–Trinajstić information content (AvgIpc) is 2.87. The lowest BCUT2D eigenvalue weighted by Crippen LogP contribution is -2.10. The Hall–Kier alpha value is -1.35. The number of nitrogens with one attached hydrogen (secondary N) is 1. The first kappa shape index (κ1) is 8.92. The molecule has 3 heterocycles. The Morgan fingerprint density at radius 3 is 3.20 bits per heavy atom. The van der Waals surface area contributed by atoms with Crippen LogP contribution >= 0.6 is 0 Å². The Morgan fingerprint density at radius 2 is 2.47 bits per heavy atom. The second-order valence-corrected chi connectivity index (χ2v) is 4.25. The lowest BCUT2D eigenvalue weighted by Gasteiger charge is -2.09. The number of aromatic nitrogens is 2. The minimum absolute atomic E-state index is 0.669. The second-order valence-electron chi connectivity index (χ2n) is 4.25. The molecule has 3 nitrogen and oxygen atoms in total. The van der Waals surface area contributed by atoms with Gasteiger partial charge in [-0.3, -0.25) is 4.98 Å². The molecule has 2 aromatic rings. The molecule has 1 fully saturated rings. The van der Waals surface area contributed by atoms with E-state index in [1.54, 1.807) is 0 Å². The molecular formula is C12H15N3. The van der Waals surface area contributed by atoms with Gasteiger partial charge in [0.05, 0.1) is 5.52 Å². The molecule has 1 aliphatic heterocycles. The average molecular weight is 201 g/mol. The molecule has 0 aliphatic carbocycles. The van der Waals surface area contributed by atoms with E-state index in [0.29, 0.717) is 5.92 Å². The van der Waals surface area contributed by atoms with Gasteiger partial charge in [-0.1, -0.05) is 0 Å². The van der Waals surface area contributed by atoms with Crippen LogP contribution in [0, 0.1) is 0 Å². The third-order valence-corrected chi connectivity index (χ3v) is 3.36. The second kappa shape index (κ2) is 3.35. The van der Waals surface area contributed by atoms with E-state index in [2.05, 4.69) is 34.0 Å². The van der Waals surface area contributed by atoms with Crippen LogP contribution < -0.4 is 5.32 Å². The summed E-state index contributed by atoms with van der Waals surface area (Å²) >= 11 is 0. The fourth-order valence-corrected chi connectivity index (χ4v) is 2.51. The molecule has 1 atom stereocenters. The third kappa shape index (κ3) is 1.35. The van der Waals surface area contributed by atoms with Gasteiger partial charge in [0, 0.05) is 43.0 Å². The van der Waals surface area contributed by atoms with Crippen molar-refractivity contribution in [3.05, 3.63) is 30.2 Å². The van der Waals surface area contributed by atoms with Crippen LogP contribution in [0.4, 0.5) is 0 Å². The van der Waals surface area contributed by atoms with Gasteiger partial charge in [0.1, 0.15) is 0 Å². The van der Waals surface area contributed by atoms with E-state index in [4.69, 9.17) is 0 Å². The van der Waals surface area contributed by atoms with Crippen molar-refractivity contribution in [2.24, 2.45) is 7.05 Å². The van der Waals surface area contributed by atoms with Crippen molar-refractivity contribution in [2.75, 3.05) is 13.1 Å². The molecule has 1 N–H and O–H groups in total. The van der Waals surface area contributed by atoms with Crippen LogP contribution in [0.25, 0.3) is 10.9 Å². The van der Waals surface area contributed by atoms with E-state index in [1.165, 1.54) is 23.0 Å². The number of pyridine rings is 1. The van der Waals surface area contributed by atoms with E-state index in [9.17, 15) is 0 Å². The van der Waals surface area contributed by atoms with Crippen LogP contribution in [0.15, 0.2) is 24.5 Å². The van der Waals surface area contributed by atoms with Crippen molar-refractivity contribution in [1.82, 2.24) is 14.9 Å². The summed E-state index contributed by atoms with van der Waals surface area (Å²) in [5.74, 6) is 0.669. The van der Waals surface area contributed by atoms with Crippen LogP contribution in [0.2, 0.25) is 0 Å². The molecule has 3 heteroatoms. The summed E-state index contributed by atoms with van der Waals surface area (Å²) in [6.45, 7) is 2.25. The van der Waals surface area contributed by atoms with Gasteiger partial charge in [-0.25, -0.2) is 0 Å². The first-order chi connectivity index (χ1) is 7.36. The monoisotopic (exact) mass is 201 g/mol. The van der Waals surface area contributed by atoms with Crippen LogP contribution in [0.3, 0.4) is 0 Å². The summed E-state index contributed by atoms with van der Waals surface area (Å²) in [6, 6.07) is 4.36. The molecule has 0 saturated carbocycles. The molecule has 1 aliphatic rings. The summed E-state index contributed by atoms with van der Waals surface area (Å²) < 4.78 is 2.30. The molecule has 78 valence electrons. The topological polar surface area (TPSA) is 29.9 Å². The van der Waals surface area contributed by atoms with E-state index in [-0.39, 0.29) is 0 Å². The quantitative estimate of drug-likeness (QED) is 0.760. The highest BCUT2D eigenvalue weighted by Gasteiger charge is 2.20. The Labute approximate surface area is 89.1 Å². The first-order valence-electron chi connectivity index (χ1n) is 5.46. The van der Waals surface area contributed by atoms with E-state index in [0.717, 1.165) is 13.1 Å². The fourth-order valence-electron chi connectivity index (χ4n) is 2.51. The zero-order valence-electron chi connectivity index (χ0n) is 8.90. The van der Waals surface area contributed by atoms with E-state index in [1.807, 2.05) is 12.4 Å². The van der Waals surface area contributed by atoms with E-state index >= 15 is 0 Å². The highest BCUT2D eigenvalue weighted by Crippen LogP contribution is 2.27. The van der Waals surface area contributed by atoms with E-state index < -0.39 is 0 Å². The van der Waals surface area contributed by atoms with Crippen molar-refractivity contribution in [3.8, 4) is 0 Å². The largest absolute Gasteiger partial charge is 0.347 e. The number of rotatable bonds is 1. The Bertz CT molecular complexity index is 481. The van der Waals surface area contributed by atoms with Crippen LogP contribution in [-0.2, 0) is 7.05 Å². The molecule has 0 amide bonds. The lowest BCUT2D eigenvalue weighted by atomic mass is 10.1. The molecule has 1 unspecified atom stereocenters. The summed E-state index contributed by atoms with van der Waals surface area (Å²) in [5.41, 5.74) is 2.72. The van der Waals surface area contributed by atoms with Crippen LogP contribution in [-0.4, -0.2) is 22.6 Å². The summed E-state index contributed by atoms with van der Waals surface area (Å²) in [6.07, 6.45) is 5.05. The summed E-state index contributed by atoms with van der Waals surface area (Å²) in [5, 5.41) is 4.67. The summed E-state index contributed by atoms with van der Waals surface area (Å²) in [7, 11) is 2.15. The maximum atomic E-state index is 4.16. The Balaban J connectivity index is 2.14. The van der Waals surface area contributed by atoms with Crippen molar-refractivity contribution in [1.29, 1.82) is 0 Å². The molecular weight excluding hydrogens is 186 g/mol. The first-order valence-corrected chi connectivity index (χ1v) is 5.46. The Morgan fingerprint density at radius 1 is 1.53 bits per heavy atom. The number of nitrogens with zero attached hydrogens (tertiary/aromatic N) is 2. The molecule has 3 rings (SSSR count). The van der Waals surface area contributed by atoms with Gasteiger partial charge in [-0.2, -0.15) is 0 Å². The number of fused-ring (bicyclic) bond motifs is 1. The van der Waals surface area contributed by atoms with Gasteiger partial charge in [-0.05, 0) is 25.1 Å². The third-order valence-electron chi connectivity index (χ3n) is 3.36. The summed E-state index contributed by atoms with van der Waals surface area (Å²) in [4.78, 5) is 4.16. The molecule has 0 radical (unpaired) electrons. The molecule has 15 heavy (non-hydrogen) atoms. The molecule has 0 spiro atoms. The van der Waals surface area contributed by atoms with Crippen LogP contribution in [0.5, 0.6) is 0 Å². The van der Waals surface area contributed by atoms with Crippen molar-refractivity contribution in [3.63, 3.8) is 0 Å². The SMILES string of the molecule is Cn1c(C2CCNC2)cc2cnccc21. The Kier molecular flexibility index (Phi) is 1.99. The van der Waals surface area contributed by atoms with Crippen LogP contribution in [0.1, 0.15) is 18.0 Å². The van der Waals surface area contributed by atoms with Crippen molar-refractivity contribution < 1.29 is 0 Å². The standard InChI is InChI=1S/C12H15N3/c1-15-11-3-5-14-8-10(11)6-12(15)9-2-4-13-7-9/h3,5-6,8-9,13H,2,4,7H2,1H3. The predicted octanol–water partition coefficient (Wildman–Crippen LogP) is 1.65. The molecule has 1 saturated heterocycles. The van der Waals surface area contributed by atoms with Crippen molar-refractivity contribution >= 4 is 10.9 Å². The molecule has 0 aromatic carbocycles. The molecule has 0 bridgehead atoms. The minimum Gasteiger partial charge on any atom is -0.347 e. The van der Waals surface area contributed by atoms with Gasteiger partial charge >= 0.3 is 0 Å². The number of hydrogen-bond acceptors (Lipinski definition) is 2. The van der Waals surface area contributed by atoms with Gasteiger partial charge < -0.3 is 9.88 Å². The number of aryl methyl sites for hydroxylation is 1. The van der Waals surface area contributed by atoms with Gasteiger partial charge in [0.15, 0.2) is 0 Å². The molecule has 2 aromatic heterocycles. The zero-order valence-corrected chi connectivity index (χ0v) is 8.90. The number of hydrogen-bond donors (Lipinski definition) is 1. The van der Waals surface area contributed by atoms with Gasteiger partial charge in [-0.15, -0.1) is 0 Å². The maximum absolute atomic E-state index is 4.16. The van der Waals surface area contributed by atoms with Gasteiger partial charge in [0.2, 0.25) is 0 Å². The highest BCUT2D eigenvalue weighted by molar-refractivity contribution is 5.80. The maximum Gasteiger partial charge on any atom is 0.0511 e. The van der Waals surface area contributed by atoms with Gasteiger partial charge in [0.25, 0.3) is 0 Å². The van der Waals surface area contributed by atoms with Crippen molar-refractivity contribution in [2.45, 2.75) is 12.3 Å².